The smallest absolute Gasteiger partial charge is 0.227 e. The van der Waals surface area contributed by atoms with Crippen molar-refractivity contribution in [3.05, 3.63) is 45.4 Å². The van der Waals surface area contributed by atoms with Crippen LogP contribution in [0.3, 0.4) is 0 Å². The van der Waals surface area contributed by atoms with Crippen molar-refractivity contribution in [1.29, 1.82) is 0 Å². The van der Waals surface area contributed by atoms with Gasteiger partial charge in [-0.25, -0.2) is 0 Å². The third-order valence-corrected chi connectivity index (χ3v) is 6.76. The van der Waals surface area contributed by atoms with E-state index in [-0.39, 0.29) is 23.7 Å². The average molecular weight is 479 g/mol. The number of carbonyl (C=O) groups is 2. The number of amides is 2. The SMILES string of the molecule is COc1cc(Cl)c(C)cc1NC(=O)C1CCC(C(=O)Nc2cc(C)c(Cl)cc2OC)CC1. The fourth-order valence-corrected chi connectivity index (χ4v) is 4.25. The van der Waals surface area contributed by atoms with Gasteiger partial charge in [-0.3, -0.25) is 9.59 Å². The van der Waals surface area contributed by atoms with Crippen LogP contribution in [-0.2, 0) is 9.59 Å². The highest BCUT2D eigenvalue weighted by atomic mass is 35.5. The number of benzene rings is 2. The number of nitrogens with one attached hydrogen (secondary N) is 2. The van der Waals surface area contributed by atoms with E-state index in [9.17, 15) is 9.59 Å². The molecule has 0 bridgehead atoms. The number of hydrogen-bond acceptors (Lipinski definition) is 4. The minimum Gasteiger partial charge on any atom is -0.495 e. The van der Waals surface area contributed by atoms with E-state index < -0.39 is 0 Å². The van der Waals surface area contributed by atoms with Gasteiger partial charge < -0.3 is 20.1 Å². The molecule has 0 saturated heterocycles. The minimum atomic E-state index is -0.160. The van der Waals surface area contributed by atoms with Crippen LogP contribution in [0.25, 0.3) is 0 Å². The summed E-state index contributed by atoms with van der Waals surface area (Å²) in [6.45, 7) is 3.75. The highest BCUT2D eigenvalue weighted by Crippen LogP contribution is 2.35. The molecule has 3 rings (SSSR count). The quantitative estimate of drug-likeness (QED) is 0.532. The van der Waals surface area contributed by atoms with Crippen molar-refractivity contribution in [3.8, 4) is 11.5 Å². The molecule has 1 fully saturated rings. The van der Waals surface area contributed by atoms with Gasteiger partial charge in [0.25, 0.3) is 0 Å². The Bertz CT molecular complexity index is 936. The lowest BCUT2D eigenvalue weighted by Gasteiger charge is -2.27. The fraction of sp³-hybridized carbons (Fsp3) is 0.417. The van der Waals surface area contributed by atoms with Crippen molar-refractivity contribution >= 4 is 46.4 Å². The summed E-state index contributed by atoms with van der Waals surface area (Å²) in [4.78, 5) is 25.6. The number of hydrogen-bond donors (Lipinski definition) is 2. The number of aryl methyl sites for hydroxylation is 2. The molecule has 1 aliphatic carbocycles. The third kappa shape index (κ3) is 5.48. The van der Waals surface area contributed by atoms with Gasteiger partial charge in [-0.15, -0.1) is 0 Å². The van der Waals surface area contributed by atoms with Crippen LogP contribution in [0.2, 0.25) is 10.0 Å². The lowest BCUT2D eigenvalue weighted by molar-refractivity contribution is -0.125. The Kier molecular flexibility index (Phi) is 7.91. The van der Waals surface area contributed by atoms with Crippen LogP contribution in [-0.4, -0.2) is 26.0 Å². The van der Waals surface area contributed by atoms with E-state index in [2.05, 4.69) is 10.6 Å². The first kappa shape index (κ1) is 24.2. The molecule has 1 aliphatic rings. The Morgan fingerprint density at radius 3 is 1.41 bits per heavy atom. The van der Waals surface area contributed by atoms with Crippen LogP contribution in [0.1, 0.15) is 36.8 Å². The molecule has 0 radical (unpaired) electrons. The molecule has 6 nitrogen and oxygen atoms in total. The summed E-state index contributed by atoms with van der Waals surface area (Å²) in [7, 11) is 3.08. The van der Waals surface area contributed by atoms with Crippen molar-refractivity contribution in [2.24, 2.45) is 11.8 Å². The molecule has 0 unspecified atom stereocenters. The molecule has 0 spiro atoms. The van der Waals surface area contributed by atoms with E-state index >= 15 is 0 Å². The predicted molar refractivity (Wildman–Crippen MR) is 128 cm³/mol. The number of rotatable bonds is 6. The Hall–Kier alpha value is -2.44. The zero-order valence-electron chi connectivity index (χ0n) is 18.7. The number of methoxy groups -OCH3 is 2. The zero-order valence-corrected chi connectivity index (χ0v) is 20.2. The monoisotopic (exact) mass is 478 g/mol. The van der Waals surface area contributed by atoms with E-state index in [0.717, 1.165) is 11.1 Å². The molecular formula is C24H28Cl2N2O4. The summed E-state index contributed by atoms with van der Waals surface area (Å²) in [5, 5.41) is 7.08. The predicted octanol–water partition coefficient (Wildman–Crippen LogP) is 6.01. The van der Waals surface area contributed by atoms with Crippen molar-refractivity contribution in [3.63, 3.8) is 0 Å². The standard InChI is InChI=1S/C24H28Cl2N2O4/c1-13-9-19(21(31-3)11-17(13)25)27-23(29)15-5-7-16(8-6-15)24(30)28-20-10-14(2)18(26)12-22(20)32-4/h9-12,15-16H,5-8H2,1-4H3,(H,27,29)(H,28,30). The van der Waals surface area contributed by atoms with Crippen LogP contribution in [0, 0.1) is 25.7 Å². The summed E-state index contributed by atoms with van der Waals surface area (Å²) >= 11 is 12.3. The second kappa shape index (κ2) is 10.5. The molecule has 2 aromatic carbocycles. The van der Waals surface area contributed by atoms with Crippen LogP contribution in [0.5, 0.6) is 11.5 Å². The molecular weight excluding hydrogens is 451 g/mol. The van der Waals surface area contributed by atoms with E-state index in [1.54, 1.807) is 24.3 Å². The van der Waals surface area contributed by atoms with Crippen LogP contribution < -0.4 is 20.1 Å². The van der Waals surface area contributed by atoms with Crippen LogP contribution >= 0.6 is 23.2 Å². The highest BCUT2D eigenvalue weighted by molar-refractivity contribution is 6.32. The zero-order chi connectivity index (χ0) is 23.4. The second-order valence-corrected chi connectivity index (χ2v) is 8.94. The van der Waals surface area contributed by atoms with Crippen molar-refractivity contribution in [2.45, 2.75) is 39.5 Å². The molecule has 0 aliphatic heterocycles. The van der Waals surface area contributed by atoms with Gasteiger partial charge in [0, 0.05) is 34.0 Å². The van der Waals surface area contributed by atoms with Gasteiger partial charge in [0.05, 0.1) is 25.6 Å². The van der Waals surface area contributed by atoms with Gasteiger partial charge in [-0.1, -0.05) is 23.2 Å². The Morgan fingerprint density at radius 1 is 0.750 bits per heavy atom. The third-order valence-electron chi connectivity index (χ3n) is 5.95. The Labute approximate surface area is 198 Å². The van der Waals surface area contributed by atoms with Gasteiger partial charge in [-0.05, 0) is 62.8 Å². The summed E-state index contributed by atoms with van der Waals surface area (Å²) in [6.07, 6.45) is 2.54. The Balaban J connectivity index is 1.59. The van der Waals surface area contributed by atoms with Gasteiger partial charge in [0.1, 0.15) is 11.5 Å². The fourth-order valence-electron chi connectivity index (χ4n) is 3.95. The van der Waals surface area contributed by atoms with E-state index in [1.165, 1.54) is 14.2 Å². The molecule has 2 amide bonds. The summed E-state index contributed by atoms with van der Waals surface area (Å²) in [5.41, 5.74) is 2.92. The minimum absolute atomic E-state index is 0.0705. The lowest BCUT2D eigenvalue weighted by atomic mass is 9.81. The van der Waals surface area contributed by atoms with Crippen molar-refractivity contribution in [2.75, 3.05) is 24.9 Å². The molecule has 0 atom stereocenters. The van der Waals surface area contributed by atoms with Gasteiger partial charge in [0.2, 0.25) is 11.8 Å². The van der Waals surface area contributed by atoms with Gasteiger partial charge in [0.15, 0.2) is 0 Å². The number of halogens is 2. The summed E-state index contributed by atoms with van der Waals surface area (Å²) < 4.78 is 10.7. The second-order valence-electron chi connectivity index (χ2n) is 8.13. The van der Waals surface area contributed by atoms with E-state index in [4.69, 9.17) is 32.7 Å². The maximum atomic E-state index is 12.8. The first-order valence-electron chi connectivity index (χ1n) is 10.5. The van der Waals surface area contributed by atoms with Gasteiger partial charge >= 0.3 is 0 Å². The molecule has 1 saturated carbocycles. The van der Waals surface area contributed by atoms with Crippen molar-refractivity contribution < 1.29 is 19.1 Å². The van der Waals surface area contributed by atoms with E-state index in [1.807, 2.05) is 13.8 Å². The van der Waals surface area contributed by atoms with Crippen LogP contribution in [0.15, 0.2) is 24.3 Å². The topological polar surface area (TPSA) is 76.7 Å². The number of carbonyl (C=O) groups excluding carboxylic acids is 2. The molecule has 2 N–H and O–H groups in total. The first-order valence-corrected chi connectivity index (χ1v) is 11.3. The molecule has 0 heterocycles. The first-order chi connectivity index (χ1) is 15.2. The summed E-state index contributed by atoms with van der Waals surface area (Å²) in [6, 6.07) is 7.00. The van der Waals surface area contributed by atoms with Crippen molar-refractivity contribution in [1.82, 2.24) is 0 Å². The molecule has 32 heavy (non-hydrogen) atoms. The van der Waals surface area contributed by atoms with Crippen LogP contribution in [0.4, 0.5) is 11.4 Å². The lowest BCUT2D eigenvalue weighted by Crippen LogP contribution is -2.32. The molecule has 0 aromatic heterocycles. The molecule has 2 aromatic rings. The highest BCUT2D eigenvalue weighted by Gasteiger charge is 2.31. The average Bonchev–Trinajstić information content (AvgIpc) is 2.78. The maximum absolute atomic E-state index is 12.8. The number of anilines is 2. The number of ether oxygens (including phenoxy) is 2. The van der Waals surface area contributed by atoms with Gasteiger partial charge in [-0.2, -0.15) is 0 Å². The normalized spacial score (nSPS) is 18.1. The molecule has 8 heteroatoms. The molecule has 172 valence electrons. The summed E-state index contributed by atoms with van der Waals surface area (Å²) in [5.74, 6) is 0.584. The maximum Gasteiger partial charge on any atom is 0.227 e. The largest absolute Gasteiger partial charge is 0.495 e. The Morgan fingerprint density at radius 2 is 1.09 bits per heavy atom. The van der Waals surface area contributed by atoms with E-state index in [0.29, 0.717) is 58.6 Å².